The Morgan fingerprint density at radius 2 is 1.88 bits per heavy atom. The van der Waals surface area contributed by atoms with E-state index in [2.05, 4.69) is 0 Å². The molecule has 0 fully saturated rings. The molecule has 0 aromatic rings. The van der Waals surface area contributed by atoms with Crippen molar-refractivity contribution >= 4 is 11.8 Å². The molecule has 0 rings (SSSR count). The average molecular weight is 257 g/mol. The fraction of sp³-hybridized carbons (Fsp3) is 0.750. The molecule has 6 N–H and O–H groups in total. The van der Waals surface area contributed by atoms with Crippen LogP contribution in [0.3, 0.4) is 0 Å². The smallest absolute Gasteiger partial charge is 0.382 e. The fourth-order valence-electron chi connectivity index (χ4n) is 1.10. The first-order chi connectivity index (χ1) is 7.68. The zero-order chi connectivity index (χ0) is 13.6. The predicted molar refractivity (Wildman–Crippen MR) is 51.5 cm³/mol. The van der Waals surface area contributed by atoms with Gasteiger partial charge in [-0.05, 0) is 6.42 Å². The minimum absolute atomic E-state index is 0.386. The maximum absolute atomic E-state index is 12.2. The Morgan fingerprint density at radius 1 is 1.35 bits per heavy atom. The SMILES string of the molecule is NCC(=O)NC(CCC(N)=O)C(O)C(F)(F)F. The summed E-state index contributed by atoms with van der Waals surface area (Å²) < 4.78 is 36.7. The summed E-state index contributed by atoms with van der Waals surface area (Å²) in [6.07, 6.45) is -8.47. The number of aliphatic hydroxyl groups excluding tert-OH is 1. The monoisotopic (exact) mass is 257 g/mol. The molecule has 0 saturated carbocycles. The zero-order valence-corrected chi connectivity index (χ0v) is 8.83. The van der Waals surface area contributed by atoms with E-state index in [4.69, 9.17) is 16.6 Å². The Labute approximate surface area is 95.1 Å². The highest BCUT2D eigenvalue weighted by Crippen LogP contribution is 2.24. The summed E-state index contributed by atoms with van der Waals surface area (Å²) in [6.45, 7) is -0.516. The van der Waals surface area contributed by atoms with Crippen LogP contribution in [0, 0.1) is 0 Å². The molecular weight excluding hydrogens is 243 g/mol. The van der Waals surface area contributed by atoms with Crippen LogP contribution >= 0.6 is 0 Å². The van der Waals surface area contributed by atoms with Gasteiger partial charge in [0.2, 0.25) is 11.8 Å². The minimum Gasteiger partial charge on any atom is -0.382 e. The molecule has 0 aromatic heterocycles. The molecule has 6 nitrogen and oxygen atoms in total. The number of carbonyl (C=O) groups excluding carboxylic acids is 2. The normalized spacial score (nSPS) is 15.1. The van der Waals surface area contributed by atoms with Gasteiger partial charge < -0.3 is 21.9 Å². The molecule has 0 aliphatic carbocycles. The van der Waals surface area contributed by atoms with E-state index < -0.39 is 43.1 Å². The van der Waals surface area contributed by atoms with Gasteiger partial charge in [0.25, 0.3) is 0 Å². The van der Waals surface area contributed by atoms with E-state index >= 15 is 0 Å². The number of halogens is 3. The lowest BCUT2D eigenvalue weighted by Crippen LogP contribution is -2.51. The molecule has 100 valence electrons. The van der Waals surface area contributed by atoms with Gasteiger partial charge in [0.1, 0.15) is 0 Å². The van der Waals surface area contributed by atoms with E-state index in [0.717, 1.165) is 0 Å². The third kappa shape index (κ3) is 6.07. The number of hydrogen-bond donors (Lipinski definition) is 4. The third-order valence-corrected chi connectivity index (χ3v) is 1.95. The summed E-state index contributed by atoms with van der Waals surface area (Å²) in [5.41, 5.74) is 9.69. The largest absolute Gasteiger partial charge is 0.416 e. The molecule has 2 atom stereocenters. The van der Waals surface area contributed by atoms with E-state index in [1.165, 1.54) is 0 Å². The van der Waals surface area contributed by atoms with Crippen molar-refractivity contribution in [2.24, 2.45) is 11.5 Å². The van der Waals surface area contributed by atoms with Crippen molar-refractivity contribution in [3.63, 3.8) is 0 Å². The number of carbonyl (C=O) groups is 2. The molecule has 0 aliphatic rings. The van der Waals surface area contributed by atoms with Gasteiger partial charge in [-0.15, -0.1) is 0 Å². The molecule has 17 heavy (non-hydrogen) atoms. The average Bonchev–Trinajstić information content (AvgIpc) is 2.21. The van der Waals surface area contributed by atoms with Crippen LogP contribution in [0.15, 0.2) is 0 Å². The number of primary amides is 1. The molecule has 0 heterocycles. The van der Waals surface area contributed by atoms with Crippen LogP contribution in [0.25, 0.3) is 0 Å². The van der Waals surface area contributed by atoms with Crippen molar-refractivity contribution in [2.75, 3.05) is 6.54 Å². The maximum Gasteiger partial charge on any atom is 0.416 e. The number of aliphatic hydroxyl groups is 1. The van der Waals surface area contributed by atoms with Crippen LogP contribution in [-0.2, 0) is 9.59 Å². The van der Waals surface area contributed by atoms with E-state index in [-0.39, 0.29) is 6.42 Å². The summed E-state index contributed by atoms with van der Waals surface area (Å²) in [5.74, 6) is -1.69. The second-order valence-corrected chi connectivity index (χ2v) is 3.37. The number of nitrogens with two attached hydrogens (primary N) is 2. The first-order valence-corrected chi connectivity index (χ1v) is 4.71. The Kier molecular flexibility index (Phi) is 5.89. The Balaban J connectivity index is 4.60. The summed E-state index contributed by atoms with van der Waals surface area (Å²) >= 11 is 0. The van der Waals surface area contributed by atoms with Gasteiger partial charge in [0, 0.05) is 6.42 Å². The van der Waals surface area contributed by atoms with Crippen molar-refractivity contribution < 1.29 is 27.9 Å². The number of rotatable bonds is 6. The molecular formula is C8H14F3N3O3. The molecule has 9 heteroatoms. The molecule has 2 amide bonds. The number of alkyl halides is 3. The van der Waals surface area contributed by atoms with E-state index in [1.807, 2.05) is 5.32 Å². The molecule has 0 spiro atoms. The summed E-state index contributed by atoms with van der Waals surface area (Å²) in [7, 11) is 0. The molecule has 0 radical (unpaired) electrons. The van der Waals surface area contributed by atoms with Crippen LogP contribution < -0.4 is 16.8 Å². The number of amides is 2. The standard InChI is InChI=1S/C8H14F3N3O3/c9-8(10,11)7(17)4(1-2-5(13)15)14-6(16)3-12/h4,7,17H,1-3,12H2,(H2,13,15)(H,14,16). The predicted octanol–water partition coefficient (Wildman–Crippen LogP) is -1.38. The van der Waals surface area contributed by atoms with Crippen molar-refractivity contribution in [3.05, 3.63) is 0 Å². The van der Waals surface area contributed by atoms with Gasteiger partial charge in [-0.25, -0.2) is 0 Å². The summed E-state index contributed by atoms with van der Waals surface area (Å²) in [6, 6.07) is -1.64. The molecule has 2 unspecified atom stereocenters. The van der Waals surface area contributed by atoms with Gasteiger partial charge in [0.15, 0.2) is 6.10 Å². The molecule has 0 aliphatic heterocycles. The zero-order valence-electron chi connectivity index (χ0n) is 8.83. The highest BCUT2D eigenvalue weighted by molar-refractivity contribution is 5.78. The quantitative estimate of drug-likeness (QED) is 0.469. The topological polar surface area (TPSA) is 118 Å². The first-order valence-electron chi connectivity index (χ1n) is 4.71. The van der Waals surface area contributed by atoms with Gasteiger partial charge in [0.05, 0.1) is 12.6 Å². The fourth-order valence-corrected chi connectivity index (χ4v) is 1.10. The lowest BCUT2D eigenvalue weighted by Gasteiger charge is -2.25. The van der Waals surface area contributed by atoms with Crippen molar-refractivity contribution in [1.29, 1.82) is 0 Å². The lowest BCUT2D eigenvalue weighted by molar-refractivity contribution is -0.212. The Bertz CT molecular complexity index is 283. The van der Waals surface area contributed by atoms with E-state index in [0.29, 0.717) is 0 Å². The lowest BCUT2D eigenvalue weighted by atomic mass is 10.0. The highest BCUT2D eigenvalue weighted by Gasteiger charge is 2.43. The maximum atomic E-state index is 12.2. The highest BCUT2D eigenvalue weighted by atomic mass is 19.4. The van der Waals surface area contributed by atoms with Crippen LogP contribution in [0.1, 0.15) is 12.8 Å². The third-order valence-electron chi connectivity index (χ3n) is 1.95. The van der Waals surface area contributed by atoms with Gasteiger partial charge >= 0.3 is 6.18 Å². The summed E-state index contributed by atoms with van der Waals surface area (Å²) in [5, 5.41) is 10.9. The van der Waals surface area contributed by atoms with Crippen molar-refractivity contribution in [3.8, 4) is 0 Å². The van der Waals surface area contributed by atoms with Crippen LogP contribution in [0.2, 0.25) is 0 Å². The Hall–Kier alpha value is -1.35. The number of nitrogens with one attached hydrogen (secondary N) is 1. The van der Waals surface area contributed by atoms with Crippen LogP contribution in [-0.4, -0.2) is 41.8 Å². The van der Waals surface area contributed by atoms with Gasteiger partial charge in [-0.2, -0.15) is 13.2 Å². The second-order valence-electron chi connectivity index (χ2n) is 3.37. The van der Waals surface area contributed by atoms with Crippen LogP contribution in [0.5, 0.6) is 0 Å². The van der Waals surface area contributed by atoms with Crippen molar-refractivity contribution in [1.82, 2.24) is 5.32 Å². The first kappa shape index (κ1) is 15.7. The molecule has 0 aromatic carbocycles. The number of hydrogen-bond acceptors (Lipinski definition) is 4. The minimum atomic E-state index is -4.90. The van der Waals surface area contributed by atoms with Crippen molar-refractivity contribution in [2.45, 2.75) is 31.2 Å². The Morgan fingerprint density at radius 3 is 2.24 bits per heavy atom. The summed E-state index contributed by atoms with van der Waals surface area (Å²) in [4.78, 5) is 21.3. The van der Waals surface area contributed by atoms with Crippen LogP contribution in [0.4, 0.5) is 13.2 Å². The molecule has 0 saturated heterocycles. The van der Waals surface area contributed by atoms with Gasteiger partial charge in [-0.1, -0.05) is 0 Å². The second kappa shape index (κ2) is 6.40. The van der Waals surface area contributed by atoms with E-state index in [1.54, 1.807) is 0 Å². The molecule has 0 bridgehead atoms. The van der Waals surface area contributed by atoms with Gasteiger partial charge in [-0.3, -0.25) is 9.59 Å². The van der Waals surface area contributed by atoms with E-state index in [9.17, 15) is 22.8 Å².